The standard InChI is InChI=1S/C15H18BrN5/c1-20(15-10-12(16)6-8-17-15)13-4-3-9-21(11-13)14-5-2-7-18-19-14/h2,5-8,10,13H,3-4,9,11H2,1H3. The van der Waals surface area contributed by atoms with Crippen LogP contribution >= 0.6 is 15.9 Å². The molecule has 0 radical (unpaired) electrons. The molecule has 0 amide bonds. The van der Waals surface area contributed by atoms with E-state index < -0.39 is 0 Å². The van der Waals surface area contributed by atoms with Crippen molar-refractivity contribution in [1.82, 2.24) is 15.2 Å². The van der Waals surface area contributed by atoms with Crippen LogP contribution in [-0.4, -0.2) is 41.4 Å². The maximum Gasteiger partial charge on any atom is 0.151 e. The second-order valence-electron chi connectivity index (χ2n) is 5.27. The average Bonchev–Trinajstić information content (AvgIpc) is 2.55. The summed E-state index contributed by atoms with van der Waals surface area (Å²) in [7, 11) is 2.11. The molecule has 0 spiro atoms. The van der Waals surface area contributed by atoms with Crippen molar-refractivity contribution in [3.05, 3.63) is 41.1 Å². The second-order valence-corrected chi connectivity index (χ2v) is 6.18. The van der Waals surface area contributed by atoms with E-state index in [2.05, 4.69) is 54.0 Å². The molecule has 1 fully saturated rings. The summed E-state index contributed by atoms with van der Waals surface area (Å²) in [6, 6.07) is 8.39. The Bertz CT molecular complexity index is 592. The molecule has 0 saturated carbocycles. The lowest BCUT2D eigenvalue weighted by molar-refractivity contribution is 0.482. The van der Waals surface area contributed by atoms with Crippen LogP contribution in [0.4, 0.5) is 11.6 Å². The monoisotopic (exact) mass is 347 g/mol. The molecule has 1 aliphatic heterocycles. The summed E-state index contributed by atoms with van der Waals surface area (Å²) in [5.41, 5.74) is 0. The molecule has 1 atom stereocenters. The van der Waals surface area contributed by atoms with Gasteiger partial charge in [0.05, 0.1) is 0 Å². The first-order valence-electron chi connectivity index (χ1n) is 7.11. The fourth-order valence-electron chi connectivity index (χ4n) is 2.71. The van der Waals surface area contributed by atoms with Gasteiger partial charge >= 0.3 is 0 Å². The molecular weight excluding hydrogens is 330 g/mol. The molecule has 1 aliphatic rings. The van der Waals surface area contributed by atoms with E-state index in [1.54, 1.807) is 6.20 Å². The highest BCUT2D eigenvalue weighted by Crippen LogP contribution is 2.24. The van der Waals surface area contributed by atoms with Crippen molar-refractivity contribution >= 4 is 27.6 Å². The first-order chi connectivity index (χ1) is 10.2. The van der Waals surface area contributed by atoms with Crippen molar-refractivity contribution in [3.63, 3.8) is 0 Å². The molecule has 2 aromatic rings. The van der Waals surface area contributed by atoms with E-state index in [1.807, 2.05) is 24.4 Å². The molecular formula is C15H18BrN5. The number of nitrogens with zero attached hydrogens (tertiary/aromatic N) is 5. The predicted octanol–water partition coefficient (Wildman–Crippen LogP) is 2.74. The zero-order valence-corrected chi connectivity index (χ0v) is 13.6. The number of rotatable bonds is 3. The minimum absolute atomic E-state index is 0.433. The number of anilines is 2. The summed E-state index contributed by atoms with van der Waals surface area (Å²) in [6.07, 6.45) is 5.86. The van der Waals surface area contributed by atoms with Gasteiger partial charge < -0.3 is 9.80 Å². The van der Waals surface area contributed by atoms with Crippen molar-refractivity contribution in [2.24, 2.45) is 0 Å². The van der Waals surface area contributed by atoms with Gasteiger partial charge in [-0.15, -0.1) is 5.10 Å². The van der Waals surface area contributed by atoms with E-state index in [0.29, 0.717) is 6.04 Å². The van der Waals surface area contributed by atoms with Crippen molar-refractivity contribution in [2.75, 3.05) is 29.9 Å². The Balaban J connectivity index is 1.74. The number of likely N-dealkylation sites (N-methyl/N-ethyl adjacent to an activating group) is 1. The first kappa shape index (κ1) is 14.3. The molecule has 5 nitrogen and oxygen atoms in total. The maximum atomic E-state index is 4.46. The Morgan fingerprint density at radius 2 is 2.24 bits per heavy atom. The molecule has 1 unspecified atom stereocenters. The highest BCUT2D eigenvalue weighted by atomic mass is 79.9. The normalized spacial score (nSPS) is 18.6. The first-order valence-corrected chi connectivity index (χ1v) is 7.90. The summed E-state index contributed by atoms with van der Waals surface area (Å²) in [6.45, 7) is 1.98. The van der Waals surface area contributed by atoms with Gasteiger partial charge in [-0.3, -0.25) is 0 Å². The van der Waals surface area contributed by atoms with Crippen molar-refractivity contribution in [1.29, 1.82) is 0 Å². The third-order valence-corrected chi connectivity index (χ3v) is 4.39. The molecule has 0 bridgehead atoms. The van der Waals surface area contributed by atoms with Crippen LogP contribution in [0.2, 0.25) is 0 Å². The van der Waals surface area contributed by atoms with Crippen molar-refractivity contribution in [3.8, 4) is 0 Å². The lowest BCUT2D eigenvalue weighted by Gasteiger charge is -2.38. The fourth-order valence-corrected chi connectivity index (χ4v) is 3.04. The van der Waals surface area contributed by atoms with E-state index in [-0.39, 0.29) is 0 Å². The molecule has 2 aromatic heterocycles. The molecule has 0 aromatic carbocycles. The van der Waals surface area contributed by atoms with Crippen LogP contribution < -0.4 is 9.80 Å². The zero-order chi connectivity index (χ0) is 14.7. The van der Waals surface area contributed by atoms with Gasteiger partial charge in [0, 0.05) is 43.0 Å². The van der Waals surface area contributed by atoms with Crippen LogP contribution in [0.3, 0.4) is 0 Å². The smallest absolute Gasteiger partial charge is 0.151 e. The molecule has 0 aliphatic carbocycles. The number of hydrogen-bond acceptors (Lipinski definition) is 5. The van der Waals surface area contributed by atoms with E-state index in [9.17, 15) is 0 Å². The van der Waals surface area contributed by atoms with Crippen LogP contribution in [0.1, 0.15) is 12.8 Å². The average molecular weight is 348 g/mol. The van der Waals surface area contributed by atoms with Gasteiger partial charge in [0.15, 0.2) is 5.82 Å². The number of aromatic nitrogens is 3. The zero-order valence-electron chi connectivity index (χ0n) is 12.0. The van der Waals surface area contributed by atoms with Gasteiger partial charge in [0.1, 0.15) is 5.82 Å². The lowest BCUT2D eigenvalue weighted by atomic mass is 10.0. The molecule has 21 heavy (non-hydrogen) atoms. The van der Waals surface area contributed by atoms with E-state index in [0.717, 1.165) is 35.6 Å². The summed E-state index contributed by atoms with van der Waals surface area (Å²) < 4.78 is 1.06. The number of pyridine rings is 1. The minimum Gasteiger partial charge on any atom is -0.355 e. The fraction of sp³-hybridized carbons (Fsp3) is 0.400. The van der Waals surface area contributed by atoms with Crippen LogP contribution in [0, 0.1) is 0 Å². The van der Waals surface area contributed by atoms with Gasteiger partial charge in [-0.05, 0) is 37.1 Å². The number of piperidine rings is 1. The lowest BCUT2D eigenvalue weighted by Crippen LogP contribution is -2.47. The van der Waals surface area contributed by atoms with Crippen LogP contribution in [0.5, 0.6) is 0 Å². The summed E-state index contributed by atoms with van der Waals surface area (Å²) in [5.74, 6) is 1.95. The Morgan fingerprint density at radius 1 is 1.33 bits per heavy atom. The topological polar surface area (TPSA) is 45.2 Å². The van der Waals surface area contributed by atoms with Gasteiger partial charge in [-0.25, -0.2) is 4.98 Å². The van der Waals surface area contributed by atoms with E-state index >= 15 is 0 Å². The third kappa shape index (κ3) is 3.32. The highest BCUT2D eigenvalue weighted by Gasteiger charge is 2.25. The van der Waals surface area contributed by atoms with Crippen molar-refractivity contribution < 1.29 is 0 Å². The Morgan fingerprint density at radius 3 is 3.00 bits per heavy atom. The Kier molecular flexibility index (Phi) is 4.34. The van der Waals surface area contributed by atoms with Crippen molar-refractivity contribution in [2.45, 2.75) is 18.9 Å². The SMILES string of the molecule is CN(c1cc(Br)ccn1)C1CCCN(c2cccnn2)C1. The minimum atomic E-state index is 0.433. The van der Waals surface area contributed by atoms with Crippen LogP contribution in [-0.2, 0) is 0 Å². The van der Waals surface area contributed by atoms with Crippen LogP contribution in [0.15, 0.2) is 41.1 Å². The largest absolute Gasteiger partial charge is 0.355 e. The highest BCUT2D eigenvalue weighted by molar-refractivity contribution is 9.10. The Hall–Kier alpha value is -1.69. The van der Waals surface area contributed by atoms with Gasteiger partial charge in [0.25, 0.3) is 0 Å². The van der Waals surface area contributed by atoms with Gasteiger partial charge in [-0.2, -0.15) is 5.10 Å². The summed E-state index contributed by atoms with van der Waals surface area (Å²) in [5, 5.41) is 8.19. The molecule has 3 heterocycles. The number of hydrogen-bond donors (Lipinski definition) is 0. The molecule has 1 saturated heterocycles. The third-order valence-electron chi connectivity index (χ3n) is 3.90. The molecule has 0 N–H and O–H groups in total. The van der Waals surface area contributed by atoms with Crippen LogP contribution in [0.25, 0.3) is 0 Å². The molecule has 110 valence electrons. The quantitative estimate of drug-likeness (QED) is 0.854. The molecule has 6 heteroatoms. The van der Waals surface area contributed by atoms with E-state index in [1.165, 1.54) is 6.42 Å². The second kappa shape index (κ2) is 6.39. The maximum absolute atomic E-state index is 4.46. The Labute approximate surface area is 133 Å². The number of halogens is 1. The summed E-state index contributed by atoms with van der Waals surface area (Å²) in [4.78, 5) is 9.02. The molecule has 3 rings (SSSR count). The van der Waals surface area contributed by atoms with Gasteiger partial charge in [-0.1, -0.05) is 15.9 Å². The predicted molar refractivity (Wildman–Crippen MR) is 87.6 cm³/mol. The van der Waals surface area contributed by atoms with Gasteiger partial charge in [0.2, 0.25) is 0 Å². The summed E-state index contributed by atoms with van der Waals surface area (Å²) >= 11 is 3.51. The van der Waals surface area contributed by atoms with E-state index in [4.69, 9.17) is 0 Å².